The lowest BCUT2D eigenvalue weighted by Gasteiger charge is -2.34. The molecule has 1 fully saturated rings. The first kappa shape index (κ1) is 18.3. The van der Waals surface area contributed by atoms with Crippen molar-refractivity contribution in [3.05, 3.63) is 66.0 Å². The number of hydrogen-bond donors (Lipinski definition) is 1. The van der Waals surface area contributed by atoms with E-state index in [9.17, 15) is 14.0 Å². The molecule has 136 valence electrons. The number of amides is 1. The van der Waals surface area contributed by atoms with E-state index in [4.69, 9.17) is 0 Å². The number of halogens is 1. The molecular weight excluding hydrogens is 331 g/mol. The summed E-state index contributed by atoms with van der Waals surface area (Å²) in [5.74, 6) is -0.250. The Hall–Kier alpha value is -2.53. The monoisotopic (exact) mass is 354 g/mol. The van der Waals surface area contributed by atoms with Gasteiger partial charge in [0.15, 0.2) is 5.78 Å². The topological polar surface area (TPSA) is 49.4 Å². The lowest BCUT2D eigenvalue weighted by atomic mass is 9.88. The molecule has 2 aromatic rings. The molecule has 1 N–H and O–H groups in total. The summed E-state index contributed by atoms with van der Waals surface area (Å²) in [6.45, 7) is 3.28. The number of piperidine rings is 1. The van der Waals surface area contributed by atoms with Gasteiger partial charge in [-0.3, -0.25) is 14.5 Å². The van der Waals surface area contributed by atoms with E-state index in [2.05, 4.69) is 10.2 Å². The molecule has 1 aliphatic rings. The number of likely N-dealkylation sites (tertiary alicyclic amines) is 1. The fourth-order valence-corrected chi connectivity index (χ4v) is 3.33. The van der Waals surface area contributed by atoms with Crippen molar-refractivity contribution in [2.24, 2.45) is 5.92 Å². The molecule has 1 saturated heterocycles. The second kappa shape index (κ2) is 8.23. The van der Waals surface area contributed by atoms with Gasteiger partial charge in [-0.1, -0.05) is 30.3 Å². The highest BCUT2D eigenvalue weighted by atomic mass is 19.1. The highest BCUT2D eigenvalue weighted by molar-refractivity contribution is 5.98. The number of benzene rings is 2. The van der Waals surface area contributed by atoms with E-state index in [1.807, 2.05) is 37.3 Å². The van der Waals surface area contributed by atoms with Gasteiger partial charge in [0.1, 0.15) is 5.82 Å². The highest BCUT2D eigenvalue weighted by Gasteiger charge is 2.30. The fraction of sp³-hybridized carbons (Fsp3) is 0.333. The molecule has 1 unspecified atom stereocenters. The van der Waals surface area contributed by atoms with Crippen molar-refractivity contribution < 1.29 is 14.0 Å². The predicted molar refractivity (Wildman–Crippen MR) is 99.6 cm³/mol. The summed E-state index contributed by atoms with van der Waals surface area (Å²) in [4.78, 5) is 27.1. The second-order valence-electron chi connectivity index (χ2n) is 6.71. The number of anilines is 1. The molecule has 0 aromatic heterocycles. The molecule has 4 nitrogen and oxygen atoms in total. The van der Waals surface area contributed by atoms with Gasteiger partial charge in [-0.15, -0.1) is 0 Å². The zero-order chi connectivity index (χ0) is 18.5. The number of carbonyl (C=O) groups is 2. The van der Waals surface area contributed by atoms with Gasteiger partial charge in [0, 0.05) is 17.2 Å². The van der Waals surface area contributed by atoms with E-state index in [0.29, 0.717) is 18.8 Å². The first-order valence-corrected chi connectivity index (χ1v) is 8.94. The third-order valence-electron chi connectivity index (χ3n) is 5.00. The van der Waals surface area contributed by atoms with Crippen molar-refractivity contribution in [3.8, 4) is 0 Å². The van der Waals surface area contributed by atoms with E-state index < -0.39 is 0 Å². The van der Waals surface area contributed by atoms with Crippen LogP contribution in [-0.2, 0) is 4.79 Å². The summed E-state index contributed by atoms with van der Waals surface area (Å²) in [5, 5.41) is 2.81. The van der Waals surface area contributed by atoms with Crippen LogP contribution in [0.1, 0.15) is 30.1 Å². The smallest absolute Gasteiger partial charge is 0.241 e. The van der Waals surface area contributed by atoms with E-state index >= 15 is 0 Å². The molecule has 0 aliphatic carbocycles. The van der Waals surface area contributed by atoms with Crippen molar-refractivity contribution in [3.63, 3.8) is 0 Å². The summed E-state index contributed by atoms with van der Waals surface area (Å²) in [6, 6.07) is 14.8. The summed E-state index contributed by atoms with van der Waals surface area (Å²) in [6.07, 6.45) is 1.50. The minimum atomic E-state index is -0.332. The van der Waals surface area contributed by atoms with Crippen molar-refractivity contribution in [1.82, 2.24) is 4.90 Å². The Balaban J connectivity index is 1.53. The maximum Gasteiger partial charge on any atom is 0.241 e. The fourth-order valence-electron chi connectivity index (χ4n) is 3.33. The van der Waals surface area contributed by atoms with Gasteiger partial charge in [-0.2, -0.15) is 0 Å². The minimum absolute atomic E-state index is 0.0148. The van der Waals surface area contributed by atoms with Crippen LogP contribution in [0.15, 0.2) is 54.6 Å². The number of nitrogens with zero attached hydrogens (tertiary/aromatic N) is 1. The number of rotatable bonds is 5. The predicted octanol–water partition coefficient (Wildman–Crippen LogP) is 3.75. The Morgan fingerprint density at radius 3 is 2.27 bits per heavy atom. The zero-order valence-electron chi connectivity index (χ0n) is 14.8. The third-order valence-corrected chi connectivity index (χ3v) is 5.00. The lowest BCUT2D eigenvalue weighted by molar-refractivity contribution is -0.121. The van der Waals surface area contributed by atoms with Gasteiger partial charge >= 0.3 is 0 Å². The van der Waals surface area contributed by atoms with Gasteiger partial charge in [0.2, 0.25) is 5.91 Å². The van der Waals surface area contributed by atoms with Crippen molar-refractivity contribution >= 4 is 17.4 Å². The molecule has 1 atom stereocenters. The Kier molecular flexibility index (Phi) is 5.78. The minimum Gasteiger partial charge on any atom is -0.325 e. The summed E-state index contributed by atoms with van der Waals surface area (Å²) in [7, 11) is 0. The molecule has 26 heavy (non-hydrogen) atoms. The summed E-state index contributed by atoms with van der Waals surface area (Å²) >= 11 is 0. The average Bonchev–Trinajstić information content (AvgIpc) is 2.69. The molecule has 1 heterocycles. The average molecular weight is 354 g/mol. The van der Waals surface area contributed by atoms with Gasteiger partial charge in [-0.25, -0.2) is 4.39 Å². The van der Waals surface area contributed by atoms with Crippen LogP contribution >= 0.6 is 0 Å². The molecule has 0 saturated carbocycles. The number of carbonyl (C=O) groups excluding carboxylic acids is 2. The third kappa shape index (κ3) is 4.35. The van der Waals surface area contributed by atoms with Crippen LogP contribution in [0.25, 0.3) is 0 Å². The molecule has 3 rings (SSSR count). The lowest BCUT2D eigenvalue weighted by Crippen LogP contribution is -2.47. The van der Waals surface area contributed by atoms with E-state index in [1.165, 1.54) is 12.1 Å². The Bertz CT molecular complexity index is 753. The first-order valence-electron chi connectivity index (χ1n) is 8.94. The summed E-state index contributed by atoms with van der Waals surface area (Å²) < 4.78 is 12.9. The normalized spacial score (nSPS) is 16.8. The SMILES string of the molecule is CC(C(=O)Nc1ccc(F)cc1)N1CCC(C(=O)c2ccccc2)CC1. The van der Waals surface area contributed by atoms with Gasteiger partial charge in [0.25, 0.3) is 0 Å². The van der Waals surface area contributed by atoms with Crippen LogP contribution in [0.3, 0.4) is 0 Å². The molecule has 5 heteroatoms. The van der Waals surface area contributed by atoms with Crippen LogP contribution in [0.4, 0.5) is 10.1 Å². The van der Waals surface area contributed by atoms with E-state index in [0.717, 1.165) is 18.4 Å². The van der Waals surface area contributed by atoms with Crippen LogP contribution < -0.4 is 5.32 Å². The molecule has 0 spiro atoms. The van der Waals surface area contributed by atoms with E-state index in [-0.39, 0.29) is 29.5 Å². The molecule has 1 aliphatic heterocycles. The van der Waals surface area contributed by atoms with Crippen LogP contribution in [0.2, 0.25) is 0 Å². The first-order chi connectivity index (χ1) is 12.5. The van der Waals surface area contributed by atoms with Crippen LogP contribution in [0.5, 0.6) is 0 Å². The Morgan fingerprint density at radius 2 is 1.65 bits per heavy atom. The number of hydrogen-bond acceptors (Lipinski definition) is 3. The van der Waals surface area contributed by atoms with Crippen molar-refractivity contribution in [2.45, 2.75) is 25.8 Å². The molecule has 0 bridgehead atoms. The van der Waals surface area contributed by atoms with Gasteiger partial charge in [-0.05, 0) is 57.1 Å². The zero-order valence-corrected chi connectivity index (χ0v) is 14.8. The number of Topliss-reactive ketones (excluding diaryl/α,β-unsaturated/α-hetero) is 1. The molecule has 2 aromatic carbocycles. The van der Waals surface area contributed by atoms with Gasteiger partial charge in [0.05, 0.1) is 6.04 Å². The standard InChI is InChI=1S/C21H23FN2O2/c1-15(21(26)23-19-9-7-18(22)8-10-19)24-13-11-17(12-14-24)20(25)16-5-3-2-4-6-16/h2-10,15,17H,11-14H2,1H3,(H,23,26). The molecular formula is C21H23FN2O2. The maximum atomic E-state index is 12.9. The number of ketones is 1. The Morgan fingerprint density at radius 1 is 1.04 bits per heavy atom. The van der Waals surface area contributed by atoms with Crippen LogP contribution in [0, 0.1) is 11.7 Å². The maximum absolute atomic E-state index is 12.9. The number of nitrogens with one attached hydrogen (secondary N) is 1. The van der Waals surface area contributed by atoms with E-state index in [1.54, 1.807) is 12.1 Å². The Labute approximate surface area is 153 Å². The highest BCUT2D eigenvalue weighted by Crippen LogP contribution is 2.23. The molecule has 0 radical (unpaired) electrons. The quantitative estimate of drug-likeness (QED) is 0.832. The van der Waals surface area contributed by atoms with Gasteiger partial charge < -0.3 is 5.32 Å². The largest absolute Gasteiger partial charge is 0.325 e. The summed E-state index contributed by atoms with van der Waals surface area (Å²) in [5.41, 5.74) is 1.34. The second-order valence-corrected chi connectivity index (χ2v) is 6.71. The van der Waals surface area contributed by atoms with Crippen LogP contribution in [-0.4, -0.2) is 35.7 Å². The van der Waals surface area contributed by atoms with Crippen molar-refractivity contribution in [1.29, 1.82) is 0 Å². The molecule has 1 amide bonds. The van der Waals surface area contributed by atoms with Crippen molar-refractivity contribution in [2.75, 3.05) is 18.4 Å².